The lowest BCUT2D eigenvalue weighted by Crippen LogP contribution is -2.05. The average molecular weight is 246 g/mol. The third-order valence-corrected chi connectivity index (χ3v) is 3.21. The largest absolute Gasteiger partial charge is 0.316 e. The highest BCUT2D eigenvalue weighted by molar-refractivity contribution is 7.99. The van der Waals surface area contributed by atoms with Gasteiger partial charge in [0.25, 0.3) is 0 Å². The zero-order chi connectivity index (χ0) is 12.1. The molecule has 0 amide bonds. The van der Waals surface area contributed by atoms with Crippen LogP contribution in [0.15, 0.2) is 40.9 Å². The van der Waals surface area contributed by atoms with Gasteiger partial charge in [-0.3, -0.25) is 0 Å². The van der Waals surface area contributed by atoms with Gasteiger partial charge in [-0.1, -0.05) is 6.07 Å². The number of pyridine rings is 1. The summed E-state index contributed by atoms with van der Waals surface area (Å²) in [6.45, 7) is 2.89. The summed E-state index contributed by atoms with van der Waals surface area (Å²) in [5.74, 6) is 0. The van der Waals surface area contributed by atoms with E-state index in [1.54, 1.807) is 18.5 Å². The standard InChI is InChI=1S/C12H14N4S/c1-9-6-10(7-13-2)8-16-11(9)17-12-14-4-3-5-15-12/h3-6,8,13H,7H2,1-2H3. The second kappa shape index (κ2) is 5.75. The lowest BCUT2D eigenvalue weighted by molar-refractivity contribution is 0.806. The van der Waals surface area contributed by atoms with Gasteiger partial charge in [-0.2, -0.15) is 0 Å². The highest BCUT2D eigenvalue weighted by Crippen LogP contribution is 2.25. The Morgan fingerprint density at radius 3 is 2.65 bits per heavy atom. The van der Waals surface area contributed by atoms with Crippen molar-refractivity contribution in [3.63, 3.8) is 0 Å². The van der Waals surface area contributed by atoms with Crippen LogP contribution in [0.25, 0.3) is 0 Å². The molecule has 0 saturated heterocycles. The molecule has 2 aromatic heterocycles. The number of rotatable bonds is 4. The van der Waals surface area contributed by atoms with E-state index in [2.05, 4.69) is 33.3 Å². The lowest BCUT2D eigenvalue weighted by atomic mass is 10.2. The van der Waals surface area contributed by atoms with Gasteiger partial charge in [-0.25, -0.2) is 15.0 Å². The maximum absolute atomic E-state index is 4.44. The van der Waals surface area contributed by atoms with Gasteiger partial charge in [-0.05, 0) is 42.9 Å². The van der Waals surface area contributed by atoms with E-state index in [4.69, 9.17) is 0 Å². The van der Waals surface area contributed by atoms with E-state index in [9.17, 15) is 0 Å². The van der Waals surface area contributed by atoms with Crippen molar-refractivity contribution >= 4 is 11.8 Å². The second-order valence-corrected chi connectivity index (χ2v) is 4.59. The maximum Gasteiger partial charge on any atom is 0.193 e. The zero-order valence-corrected chi connectivity index (χ0v) is 10.7. The molecule has 88 valence electrons. The highest BCUT2D eigenvalue weighted by atomic mass is 32.2. The van der Waals surface area contributed by atoms with Crippen LogP contribution in [-0.4, -0.2) is 22.0 Å². The predicted octanol–water partition coefficient (Wildman–Crippen LogP) is 2.05. The molecule has 17 heavy (non-hydrogen) atoms. The van der Waals surface area contributed by atoms with Crippen molar-refractivity contribution in [1.29, 1.82) is 0 Å². The molecule has 2 heterocycles. The second-order valence-electron chi connectivity index (χ2n) is 3.63. The van der Waals surface area contributed by atoms with Gasteiger partial charge >= 0.3 is 0 Å². The monoisotopic (exact) mass is 246 g/mol. The maximum atomic E-state index is 4.44. The van der Waals surface area contributed by atoms with E-state index in [1.165, 1.54) is 17.3 Å². The summed E-state index contributed by atoms with van der Waals surface area (Å²) in [5.41, 5.74) is 2.33. The van der Waals surface area contributed by atoms with Crippen molar-refractivity contribution < 1.29 is 0 Å². The summed E-state index contributed by atoms with van der Waals surface area (Å²) in [4.78, 5) is 12.8. The van der Waals surface area contributed by atoms with E-state index >= 15 is 0 Å². The normalized spacial score (nSPS) is 10.5. The van der Waals surface area contributed by atoms with Crippen molar-refractivity contribution in [2.45, 2.75) is 23.7 Å². The van der Waals surface area contributed by atoms with E-state index < -0.39 is 0 Å². The molecular formula is C12H14N4S. The van der Waals surface area contributed by atoms with Crippen molar-refractivity contribution in [2.75, 3.05) is 7.05 Å². The quantitative estimate of drug-likeness (QED) is 0.837. The summed E-state index contributed by atoms with van der Waals surface area (Å²) in [5, 5.41) is 4.79. The van der Waals surface area contributed by atoms with Crippen LogP contribution in [0, 0.1) is 6.92 Å². The molecule has 0 atom stereocenters. The van der Waals surface area contributed by atoms with Crippen LogP contribution >= 0.6 is 11.8 Å². The molecule has 0 radical (unpaired) electrons. The van der Waals surface area contributed by atoms with Gasteiger partial charge in [-0.15, -0.1) is 0 Å². The summed E-state index contributed by atoms with van der Waals surface area (Å²) < 4.78 is 0. The third kappa shape index (κ3) is 3.25. The minimum atomic E-state index is 0.726. The minimum Gasteiger partial charge on any atom is -0.316 e. The molecule has 0 aliphatic rings. The first kappa shape index (κ1) is 12.0. The Morgan fingerprint density at radius 1 is 1.24 bits per heavy atom. The molecular weight excluding hydrogens is 232 g/mol. The molecule has 1 N–H and O–H groups in total. The van der Waals surface area contributed by atoms with Gasteiger partial charge in [0.15, 0.2) is 5.16 Å². The Labute approximate surface area is 105 Å². The van der Waals surface area contributed by atoms with Gasteiger partial charge in [0, 0.05) is 25.1 Å². The molecule has 2 rings (SSSR count). The van der Waals surface area contributed by atoms with Gasteiger partial charge in [0.05, 0.1) is 0 Å². The predicted molar refractivity (Wildman–Crippen MR) is 67.9 cm³/mol. The van der Waals surface area contributed by atoms with Crippen LogP contribution in [0.5, 0.6) is 0 Å². The van der Waals surface area contributed by atoms with E-state index in [0.29, 0.717) is 0 Å². The van der Waals surface area contributed by atoms with Crippen LogP contribution in [-0.2, 0) is 6.54 Å². The number of nitrogens with zero attached hydrogens (tertiary/aromatic N) is 3. The SMILES string of the molecule is CNCc1cnc(Sc2ncccn2)c(C)c1. The molecule has 2 aromatic rings. The molecule has 0 saturated carbocycles. The Hall–Kier alpha value is -1.46. The van der Waals surface area contributed by atoms with Crippen LogP contribution in [0.3, 0.4) is 0 Å². The highest BCUT2D eigenvalue weighted by Gasteiger charge is 2.05. The van der Waals surface area contributed by atoms with E-state index in [0.717, 1.165) is 22.3 Å². The Balaban J connectivity index is 2.17. The number of aromatic nitrogens is 3. The Morgan fingerprint density at radius 2 is 2.00 bits per heavy atom. The van der Waals surface area contributed by atoms with Gasteiger partial charge in [0.2, 0.25) is 0 Å². The topological polar surface area (TPSA) is 50.7 Å². The first-order valence-electron chi connectivity index (χ1n) is 5.34. The van der Waals surface area contributed by atoms with Gasteiger partial charge in [0.1, 0.15) is 5.03 Å². The molecule has 4 nitrogen and oxygen atoms in total. The smallest absolute Gasteiger partial charge is 0.193 e. The summed E-state index contributed by atoms with van der Waals surface area (Å²) in [6, 6.07) is 3.94. The fourth-order valence-corrected chi connectivity index (χ4v) is 2.18. The number of aryl methyl sites for hydroxylation is 1. The van der Waals surface area contributed by atoms with Crippen LogP contribution < -0.4 is 5.32 Å². The van der Waals surface area contributed by atoms with Crippen molar-refractivity contribution in [2.24, 2.45) is 0 Å². The molecule has 0 bridgehead atoms. The van der Waals surface area contributed by atoms with Crippen molar-refractivity contribution in [1.82, 2.24) is 20.3 Å². The van der Waals surface area contributed by atoms with Crippen molar-refractivity contribution in [3.8, 4) is 0 Å². The van der Waals surface area contributed by atoms with Crippen LogP contribution in [0.2, 0.25) is 0 Å². The fourth-order valence-electron chi connectivity index (χ4n) is 1.45. The van der Waals surface area contributed by atoms with Gasteiger partial charge < -0.3 is 5.32 Å². The van der Waals surface area contributed by atoms with Crippen molar-refractivity contribution in [3.05, 3.63) is 41.9 Å². The third-order valence-electron chi connectivity index (χ3n) is 2.20. The summed E-state index contributed by atoms with van der Waals surface area (Å²) in [6.07, 6.45) is 5.36. The average Bonchev–Trinajstić information content (AvgIpc) is 2.34. The Bertz CT molecular complexity index is 487. The summed E-state index contributed by atoms with van der Waals surface area (Å²) >= 11 is 1.49. The van der Waals surface area contributed by atoms with E-state index in [-0.39, 0.29) is 0 Å². The zero-order valence-electron chi connectivity index (χ0n) is 9.84. The molecule has 0 aliphatic carbocycles. The molecule has 0 aromatic carbocycles. The molecule has 0 spiro atoms. The van der Waals surface area contributed by atoms with Crippen LogP contribution in [0.1, 0.15) is 11.1 Å². The number of hydrogen-bond donors (Lipinski definition) is 1. The lowest BCUT2D eigenvalue weighted by Gasteiger charge is -2.05. The van der Waals surface area contributed by atoms with Crippen LogP contribution in [0.4, 0.5) is 0 Å². The molecule has 0 aliphatic heterocycles. The number of hydrogen-bond acceptors (Lipinski definition) is 5. The molecule has 0 fully saturated rings. The minimum absolute atomic E-state index is 0.726. The first-order valence-corrected chi connectivity index (χ1v) is 6.16. The Kier molecular flexibility index (Phi) is 4.06. The number of nitrogens with one attached hydrogen (secondary N) is 1. The fraction of sp³-hybridized carbons (Fsp3) is 0.250. The van der Waals surface area contributed by atoms with E-state index in [1.807, 2.05) is 13.2 Å². The molecule has 0 unspecified atom stereocenters. The first-order chi connectivity index (χ1) is 8.29. The summed E-state index contributed by atoms with van der Waals surface area (Å²) in [7, 11) is 1.93. The molecule has 5 heteroatoms.